The number of H-pyrrole nitrogens is 1. The van der Waals surface area contributed by atoms with Crippen LogP contribution < -0.4 is 5.69 Å². The predicted molar refractivity (Wildman–Crippen MR) is 143 cm³/mol. The number of benzene rings is 2. The molecule has 37 heavy (non-hydrogen) atoms. The Hall–Kier alpha value is -3.91. The molecule has 8 heteroatoms. The number of nitrogens with one attached hydrogen (secondary N) is 1. The first-order chi connectivity index (χ1) is 18.1. The molecule has 1 amide bonds. The van der Waals surface area contributed by atoms with Crippen molar-refractivity contribution in [1.29, 1.82) is 0 Å². The van der Waals surface area contributed by atoms with Gasteiger partial charge in [-0.1, -0.05) is 48.5 Å². The van der Waals surface area contributed by atoms with Gasteiger partial charge in [0.2, 0.25) is 0 Å². The fourth-order valence-corrected chi connectivity index (χ4v) is 5.55. The molecule has 3 heterocycles. The molecule has 1 aliphatic rings. The van der Waals surface area contributed by atoms with Crippen LogP contribution in [-0.4, -0.2) is 54.7 Å². The first-order valence-electron chi connectivity index (χ1n) is 12.9. The Morgan fingerprint density at radius 1 is 1.03 bits per heavy atom. The number of para-hydroxylation sites is 2. The highest BCUT2D eigenvalue weighted by Gasteiger charge is 2.33. The van der Waals surface area contributed by atoms with E-state index in [0.29, 0.717) is 19.4 Å². The molecule has 0 bridgehead atoms. The molecule has 0 aliphatic carbocycles. The maximum atomic E-state index is 12.8. The minimum atomic E-state index is -0.885. The summed E-state index contributed by atoms with van der Waals surface area (Å²) in [5, 5.41) is 9.88. The van der Waals surface area contributed by atoms with Crippen LogP contribution in [0.3, 0.4) is 0 Å². The molecule has 2 N–H and O–H groups in total. The number of carboxylic acid groups (broad SMARTS) is 1. The highest BCUT2D eigenvalue weighted by Crippen LogP contribution is 2.31. The lowest BCUT2D eigenvalue weighted by Crippen LogP contribution is -2.47. The van der Waals surface area contributed by atoms with Gasteiger partial charge in [-0.25, -0.2) is 9.59 Å². The van der Waals surface area contributed by atoms with Crippen LogP contribution >= 0.6 is 0 Å². The van der Waals surface area contributed by atoms with Crippen LogP contribution in [0.2, 0.25) is 0 Å². The third-order valence-corrected chi connectivity index (χ3v) is 7.30. The van der Waals surface area contributed by atoms with E-state index in [4.69, 9.17) is 0 Å². The number of likely N-dealkylation sites (tertiary alicyclic amines) is 1. The van der Waals surface area contributed by atoms with Gasteiger partial charge in [-0.05, 0) is 62.1 Å². The van der Waals surface area contributed by atoms with Crippen molar-refractivity contribution >= 4 is 17.1 Å². The molecule has 5 rings (SSSR count). The summed E-state index contributed by atoms with van der Waals surface area (Å²) in [6, 6.07) is 23.9. The fourth-order valence-electron chi connectivity index (χ4n) is 5.55. The lowest BCUT2D eigenvalue weighted by Gasteiger charge is -2.38. The van der Waals surface area contributed by atoms with Crippen molar-refractivity contribution in [2.45, 2.75) is 50.9 Å². The van der Waals surface area contributed by atoms with Gasteiger partial charge >= 0.3 is 11.8 Å². The topological polar surface area (TPSA) is 94.5 Å². The fraction of sp³-hybridized carbons (Fsp3) is 0.345. The van der Waals surface area contributed by atoms with E-state index in [1.165, 1.54) is 5.56 Å². The number of imidazole rings is 1. The van der Waals surface area contributed by atoms with Gasteiger partial charge in [-0.3, -0.25) is 14.5 Å². The van der Waals surface area contributed by atoms with E-state index in [1.54, 1.807) is 4.90 Å². The zero-order valence-corrected chi connectivity index (χ0v) is 20.9. The highest BCUT2D eigenvalue weighted by molar-refractivity contribution is 5.75. The molecule has 2 atom stereocenters. The van der Waals surface area contributed by atoms with Gasteiger partial charge in [-0.15, -0.1) is 0 Å². The van der Waals surface area contributed by atoms with Crippen molar-refractivity contribution in [3.05, 3.63) is 101 Å². The van der Waals surface area contributed by atoms with Crippen molar-refractivity contribution < 1.29 is 9.90 Å². The molecular weight excluding hydrogens is 466 g/mol. The third kappa shape index (κ3) is 5.91. The Morgan fingerprint density at radius 2 is 1.81 bits per heavy atom. The van der Waals surface area contributed by atoms with Gasteiger partial charge in [-0.2, -0.15) is 0 Å². The van der Waals surface area contributed by atoms with E-state index in [2.05, 4.69) is 27.0 Å². The van der Waals surface area contributed by atoms with Gasteiger partial charge in [0.1, 0.15) is 0 Å². The second kappa shape index (κ2) is 11.4. The summed E-state index contributed by atoms with van der Waals surface area (Å²) in [5.41, 5.74) is 3.82. The van der Waals surface area contributed by atoms with Crippen molar-refractivity contribution in [2.75, 3.05) is 13.1 Å². The maximum absolute atomic E-state index is 12.8. The van der Waals surface area contributed by atoms with E-state index in [0.717, 1.165) is 49.2 Å². The summed E-state index contributed by atoms with van der Waals surface area (Å²) in [6.07, 6.45) is 3.79. The number of carbonyl (C=O) groups is 1. The molecule has 2 unspecified atom stereocenters. The largest absolute Gasteiger partial charge is 0.465 e. The van der Waals surface area contributed by atoms with E-state index in [-0.39, 0.29) is 17.8 Å². The Balaban J connectivity index is 1.28. The van der Waals surface area contributed by atoms with E-state index in [1.807, 2.05) is 71.4 Å². The van der Waals surface area contributed by atoms with Crippen LogP contribution in [-0.2, 0) is 13.1 Å². The van der Waals surface area contributed by atoms with Crippen molar-refractivity contribution in [3.63, 3.8) is 0 Å². The lowest BCUT2D eigenvalue weighted by molar-refractivity contribution is 0.0853. The Morgan fingerprint density at radius 3 is 2.59 bits per heavy atom. The summed E-state index contributed by atoms with van der Waals surface area (Å²) >= 11 is 0. The SMILES string of the molecule is O=C(O)N1CCC(n2c(=O)[nH]c3ccccc32)CC1CCCN(Cc1ccccc1)Cc1ccccn1. The molecule has 0 radical (unpaired) electrons. The molecule has 8 nitrogen and oxygen atoms in total. The summed E-state index contributed by atoms with van der Waals surface area (Å²) in [7, 11) is 0. The number of pyridine rings is 1. The van der Waals surface area contributed by atoms with Gasteiger partial charge in [0.15, 0.2) is 0 Å². The molecule has 192 valence electrons. The molecule has 2 aromatic heterocycles. The monoisotopic (exact) mass is 499 g/mol. The summed E-state index contributed by atoms with van der Waals surface area (Å²) < 4.78 is 1.82. The second-order valence-corrected chi connectivity index (χ2v) is 9.78. The van der Waals surface area contributed by atoms with Crippen LogP contribution in [0.25, 0.3) is 11.0 Å². The number of nitrogens with zero attached hydrogens (tertiary/aromatic N) is 4. The van der Waals surface area contributed by atoms with Gasteiger partial charge in [0, 0.05) is 37.9 Å². The van der Waals surface area contributed by atoms with Gasteiger partial charge in [0.05, 0.1) is 16.7 Å². The quantitative estimate of drug-likeness (QED) is 0.342. The Bertz CT molecular complexity index is 1330. The Kier molecular flexibility index (Phi) is 7.65. The normalized spacial score (nSPS) is 17.9. The summed E-state index contributed by atoms with van der Waals surface area (Å²) in [6.45, 7) is 2.79. The number of hydrogen-bond acceptors (Lipinski definition) is 4. The summed E-state index contributed by atoms with van der Waals surface area (Å²) in [5.74, 6) is 0. The number of amides is 1. The lowest BCUT2D eigenvalue weighted by atomic mass is 9.93. The minimum absolute atomic E-state index is 0.0295. The number of hydrogen-bond donors (Lipinski definition) is 2. The first-order valence-corrected chi connectivity index (χ1v) is 12.9. The molecule has 4 aromatic rings. The molecule has 1 aliphatic heterocycles. The second-order valence-electron chi connectivity index (χ2n) is 9.78. The van der Waals surface area contributed by atoms with Crippen LogP contribution in [0.1, 0.15) is 43.0 Å². The number of aromatic amines is 1. The van der Waals surface area contributed by atoms with Crippen LogP contribution in [0, 0.1) is 0 Å². The third-order valence-electron chi connectivity index (χ3n) is 7.30. The number of aromatic nitrogens is 3. The van der Waals surface area contributed by atoms with Crippen molar-refractivity contribution in [3.8, 4) is 0 Å². The smallest absolute Gasteiger partial charge is 0.407 e. The van der Waals surface area contributed by atoms with Gasteiger partial charge in [0.25, 0.3) is 0 Å². The minimum Gasteiger partial charge on any atom is -0.465 e. The standard InChI is InChI=1S/C29H33N5O3/c35-28-31-26-13-4-5-14-27(26)34(28)25-15-18-33(29(36)37)24(19-25)12-8-17-32(20-22-9-2-1-3-10-22)21-23-11-6-7-16-30-23/h1-7,9-11,13-14,16,24-25H,8,12,15,17-21H2,(H,31,35)(H,36,37). The van der Waals surface area contributed by atoms with E-state index >= 15 is 0 Å². The van der Waals surface area contributed by atoms with Crippen molar-refractivity contribution in [1.82, 2.24) is 24.3 Å². The average Bonchev–Trinajstić information content (AvgIpc) is 3.25. The molecule has 0 spiro atoms. The highest BCUT2D eigenvalue weighted by atomic mass is 16.4. The molecule has 1 saturated heterocycles. The predicted octanol–water partition coefficient (Wildman–Crippen LogP) is 4.89. The number of fused-ring (bicyclic) bond motifs is 1. The van der Waals surface area contributed by atoms with Crippen LogP contribution in [0.5, 0.6) is 0 Å². The van der Waals surface area contributed by atoms with Crippen LogP contribution in [0.4, 0.5) is 4.79 Å². The zero-order chi connectivity index (χ0) is 25.6. The van der Waals surface area contributed by atoms with Gasteiger partial charge < -0.3 is 15.0 Å². The summed E-state index contributed by atoms with van der Waals surface area (Å²) in [4.78, 5) is 36.2. The van der Waals surface area contributed by atoms with Crippen LogP contribution in [0.15, 0.2) is 83.8 Å². The molecule has 1 fully saturated rings. The first kappa shape index (κ1) is 24.8. The van der Waals surface area contributed by atoms with E-state index < -0.39 is 6.09 Å². The number of rotatable bonds is 9. The molecule has 0 saturated carbocycles. The maximum Gasteiger partial charge on any atom is 0.407 e. The molecular formula is C29H33N5O3. The molecule has 2 aromatic carbocycles. The van der Waals surface area contributed by atoms with Crippen molar-refractivity contribution in [2.24, 2.45) is 0 Å². The average molecular weight is 500 g/mol. The zero-order valence-electron chi connectivity index (χ0n) is 20.9. The number of piperidine rings is 1. The Labute approximate surface area is 216 Å². The van der Waals surface area contributed by atoms with E-state index in [9.17, 15) is 14.7 Å².